The number of anilines is 1. The highest BCUT2D eigenvalue weighted by Crippen LogP contribution is 2.18. The average Bonchev–Trinajstić information content (AvgIpc) is 3.01. The highest BCUT2D eigenvalue weighted by molar-refractivity contribution is 7.85. The van der Waals surface area contributed by atoms with E-state index in [1.807, 2.05) is 0 Å². The molecule has 1 aliphatic carbocycles. The second-order valence-corrected chi connectivity index (χ2v) is 5.10. The van der Waals surface area contributed by atoms with Crippen molar-refractivity contribution in [3.05, 3.63) is 18.3 Å². The average molecular weight is 239 g/mol. The summed E-state index contributed by atoms with van der Waals surface area (Å²) in [5.41, 5.74) is 5.98. The third-order valence-corrected chi connectivity index (χ3v) is 3.52. The SMILES string of the molecule is Nc1cccnc1S(=O)CC(=O)NC1CC1. The maximum absolute atomic E-state index is 11.8. The van der Waals surface area contributed by atoms with E-state index < -0.39 is 10.8 Å². The fraction of sp³-hybridized carbons (Fsp3) is 0.400. The predicted molar refractivity (Wildman–Crippen MR) is 61.1 cm³/mol. The lowest BCUT2D eigenvalue weighted by molar-refractivity contribution is -0.118. The summed E-state index contributed by atoms with van der Waals surface area (Å²) in [4.78, 5) is 15.3. The van der Waals surface area contributed by atoms with Gasteiger partial charge in [0, 0.05) is 12.2 Å². The van der Waals surface area contributed by atoms with Crippen LogP contribution < -0.4 is 11.1 Å². The predicted octanol–water partition coefficient (Wildman–Crippen LogP) is 0.0500. The van der Waals surface area contributed by atoms with Crippen molar-refractivity contribution in [2.75, 3.05) is 11.5 Å². The minimum Gasteiger partial charge on any atom is -0.396 e. The Bertz CT molecular complexity index is 432. The van der Waals surface area contributed by atoms with Gasteiger partial charge in [-0.15, -0.1) is 0 Å². The fourth-order valence-corrected chi connectivity index (χ4v) is 2.25. The van der Waals surface area contributed by atoms with Gasteiger partial charge in [0.1, 0.15) is 5.75 Å². The molecule has 0 saturated heterocycles. The van der Waals surface area contributed by atoms with Crippen molar-refractivity contribution < 1.29 is 9.00 Å². The molecular weight excluding hydrogens is 226 g/mol. The van der Waals surface area contributed by atoms with Crippen LogP contribution in [0.4, 0.5) is 5.69 Å². The second-order valence-electron chi connectivity index (χ2n) is 3.73. The maximum atomic E-state index is 11.8. The zero-order valence-electron chi connectivity index (χ0n) is 8.68. The normalized spacial score (nSPS) is 16.8. The van der Waals surface area contributed by atoms with E-state index in [1.54, 1.807) is 12.1 Å². The number of pyridine rings is 1. The summed E-state index contributed by atoms with van der Waals surface area (Å²) in [6.45, 7) is 0. The molecule has 86 valence electrons. The van der Waals surface area contributed by atoms with Gasteiger partial charge in [-0.25, -0.2) is 4.98 Å². The van der Waals surface area contributed by atoms with Crippen LogP contribution in [0.2, 0.25) is 0 Å². The fourth-order valence-electron chi connectivity index (χ4n) is 1.28. The van der Waals surface area contributed by atoms with E-state index in [0.29, 0.717) is 5.69 Å². The summed E-state index contributed by atoms with van der Waals surface area (Å²) in [5, 5.41) is 3.06. The molecule has 0 bridgehead atoms. The first-order chi connectivity index (χ1) is 7.66. The van der Waals surface area contributed by atoms with Crippen molar-refractivity contribution in [3.8, 4) is 0 Å². The van der Waals surface area contributed by atoms with Crippen LogP contribution in [0.5, 0.6) is 0 Å². The third kappa shape index (κ3) is 2.79. The van der Waals surface area contributed by atoms with Gasteiger partial charge in [-0.1, -0.05) is 0 Å². The first kappa shape index (κ1) is 11.1. The Kier molecular flexibility index (Phi) is 3.19. The van der Waals surface area contributed by atoms with Gasteiger partial charge in [-0.2, -0.15) is 0 Å². The number of nitrogens with two attached hydrogens (primary N) is 1. The minimum atomic E-state index is -1.46. The van der Waals surface area contributed by atoms with Crippen LogP contribution in [-0.4, -0.2) is 26.9 Å². The topological polar surface area (TPSA) is 85.1 Å². The number of nitrogen functional groups attached to an aromatic ring is 1. The van der Waals surface area contributed by atoms with Crippen LogP contribution in [0.25, 0.3) is 0 Å². The Morgan fingerprint density at radius 2 is 2.38 bits per heavy atom. The zero-order chi connectivity index (χ0) is 11.5. The highest BCUT2D eigenvalue weighted by atomic mass is 32.2. The largest absolute Gasteiger partial charge is 0.396 e. The summed E-state index contributed by atoms with van der Waals surface area (Å²) in [6.07, 6.45) is 3.55. The Labute approximate surface area is 95.9 Å². The summed E-state index contributed by atoms with van der Waals surface area (Å²) in [6, 6.07) is 3.57. The number of carbonyl (C=O) groups excluding carboxylic acids is 1. The molecule has 2 rings (SSSR count). The van der Waals surface area contributed by atoms with Crippen LogP contribution in [0, 0.1) is 0 Å². The summed E-state index contributed by atoms with van der Waals surface area (Å²) < 4.78 is 11.8. The highest BCUT2D eigenvalue weighted by Gasteiger charge is 2.24. The lowest BCUT2D eigenvalue weighted by Gasteiger charge is -2.04. The van der Waals surface area contributed by atoms with Crippen molar-refractivity contribution in [2.24, 2.45) is 0 Å². The molecule has 1 aromatic rings. The van der Waals surface area contributed by atoms with E-state index in [4.69, 9.17) is 5.73 Å². The maximum Gasteiger partial charge on any atom is 0.233 e. The zero-order valence-corrected chi connectivity index (χ0v) is 9.50. The molecule has 1 fully saturated rings. The number of carbonyl (C=O) groups is 1. The number of hydrogen-bond donors (Lipinski definition) is 2. The van der Waals surface area contributed by atoms with Crippen LogP contribution in [0.3, 0.4) is 0 Å². The van der Waals surface area contributed by atoms with E-state index in [-0.39, 0.29) is 22.7 Å². The molecule has 3 N–H and O–H groups in total. The number of nitrogens with zero attached hydrogens (tertiary/aromatic N) is 1. The van der Waals surface area contributed by atoms with Gasteiger partial charge in [0.15, 0.2) is 5.03 Å². The Balaban J connectivity index is 1.96. The molecule has 0 aromatic carbocycles. The van der Waals surface area contributed by atoms with Gasteiger partial charge in [0.05, 0.1) is 16.5 Å². The summed E-state index contributed by atoms with van der Waals surface area (Å²) in [5.74, 6) is -0.275. The molecule has 1 atom stereocenters. The molecule has 1 aliphatic rings. The lowest BCUT2D eigenvalue weighted by atomic mass is 10.4. The lowest BCUT2D eigenvalue weighted by Crippen LogP contribution is -2.30. The number of nitrogens with one attached hydrogen (secondary N) is 1. The molecule has 16 heavy (non-hydrogen) atoms. The smallest absolute Gasteiger partial charge is 0.233 e. The molecule has 1 aromatic heterocycles. The van der Waals surface area contributed by atoms with Crippen molar-refractivity contribution in [2.45, 2.75) is 23.9 Å². The number of hydrogen-bond acceptors (Lipinski definition) is 4. The van der Waals surface area contributed by atoms with Crippen LogP contribution in [0.15, 0.2) is 23.4 Å². The molecular formula is C10H13N3O2S. The molecule has 0 spiro atoms. The van der Waals surface area contributed by atoms with Gasteiger partial charge >= 0.3 is 0 Å². The molecule has 1 amide bonds. The van der Waals surface area contributed by atoms with Crippen LogP contribution in [-0.2, 0) is 15.6 Å². The third-order valence-electron chi connectivity index (χ3n) is 2.22. The van der Waals surface area contributed by atoms with Crippen molar-refractivity contribution in [1.29, 1.82) is 0 Å². The van der Waals surface area contributed by atoms with E-state index >= 15 is 0 Å². The molecule has 5 nitrogen and oxygen atoms in total. The number of rotatable bonds is 4. The first-order valence-corrected chi connectivity index (χ1v) is 6.37. The van der Waals surface area contributed by atoms with Gasteiger partial charge in [0.2, 0.25) is 5.91 Å². The molecule has 1 unspecified atom stereocenters. The van der Waals surface area contributed by atoms with E-state index in [0.717, 1.165) is 12.8 Å². The van der Waals surface area contributed by atoms with Crippen molar-refractivity contribution in [1.82, 2.24) is 10.3 Å². The number of aromatic nitrogens is 1. The van der Waals surface area contributed by atoms with Gasteiger partial charge < -0.3 is 11.1 Å². The summed E-state index contributed by atoms with van der Waals surface area (Å²) in [7, 11) is -1.46. The summed E-state index contributed by atoms with van der Waals surface area (Å²) >= 11 is 0. The van der Waals surface area contributed by atoms with E-state index in [2.05, 4.69) is 10.3 Å². The second kappa shape index (κ2) is 4.61. The molecule has 1 heterocycles. The van der Waals surface area contributed by atoms with Gasteiger partial charge in [-0.05, 0) is 25.0 Å². The standard InChI is InChI=1S/C10H13N3O2S/c11-8-2-1-5-12-10(8)16(15)6-9(14)13-7-3-4-7/h1-2,5,7H,3-4,6,11H2,(H,13,14). The minimum absolute atomic E-state index is 0.0717. The molecule has 0 aliphatic heterocycles. The molecule has 1 saturated carbocycles. The molecule has 0 radical (unpaired) electrons. The molecule has 6 heteroatoms. The Hall–Kier alpha value is -1.43. The van der Waals surface area contributed by atoms with Crippen molar-refractivity contribution in [3.63, 3.8) is 0 Å². The monoisotopic (exact) mass is 239 g/mol. The van der Waals surface area contributed by atoms with E-state index in [9.17, 15) is 9.00 Å². The Morgan fingerprint density at radius 3 is 3.00 bits per heavy atom. The first-order valence-electron chi connectivity index (χ1n) is 5.05. The van der Waals surface area contributed by atoms with Gasteiger partial charge in [-0.3, -0.25) is 9.00 Å². The van der Waals surface area contributed by atoms with Crippen LogP contribution in [0.1, 0.15) is 12.8 Å². The quantitative estimate of drug-likeness (QED) is 0.777. The Morgan fingerprint density at radius 1 is 1.62 bits per heavy atom. The van der Waals surface area contributed by atoms with Crippen LogP contribution >= 0.6 is 0 Å². The number of amides is 1. The van der Waals surface area contributed by atoms with Gasteiger partial charge in [0.25, 0.3) is 0 Å². The van der Waals surface area contributed by atoms with Crippen molar-refractivity contribution >= 4 is 22.4 Å². The van der Waals surface area contributed by atoms with E-state index in [1.165, 1.54) is 6.20 Å².